The lowest BCUT2D eigenvalue weighted by atomic mass is 10.0. The predicted molar refractivity (Wildman–Crippen MR) is 95.4 cm³/mol. The molecule has 0 saturated heterocycles. The van der Waals surface area contributed by atoms with Gasteiger partial charge in [-0.15, -0.1) is 11.3 Å². The highest BCUT2D eigenvalue weighted by molar-refractivity contribution is 7.10. The molecule has 2 aromatic rings. The standard InChI is InChI=1S/C18H25N3O2S/c1-4-12(2)21-16(13-7-8-13)14(10-20-21)17(22)19-11-18(3,23)15-6-5-9-24-15/h5-6,9-10,12-13,23H,4,7-8,11H2,1-3H3,(H,19,22). The number of nitrogens with zero attached hydrogens (tertiary/aromatic N) is 2. The van der Waals surface area contributed by atoms with Crippen LogP contribution in [0.4, 0.5) is 0 Å². The number of hydrogen-bond donors (Lipinski definition) is 2. The molecule has 3 rings (SSSR count). The second-order valence-electron chi connectivity index (χ2n) is 6.85. The van der Waals surface area contributed by atoms with Crippen LogP contribution in [0.3, 0.4) is 0 Å². The summed E-state index contributed by atoms with van der Waals surface area (Å²) in [5, 5.41) is 19.8. The van der Waals surface area contributed by atoms with Gasteiger partial charge in [-0.05, 0) is 44.6 Å². The van der Waals surface area contributed by atoms with Crippen molar-refractivity contribution in [3.05, 3.63) is 39.8 Å². The van der Waals surface area contributed by atoms with E-state index in [2.05, 4.69) is 24.3 Å². The van der Waals surface area contributed by atoms with Crippen LogP contribution >= 0.6 is 11.3 Å². The minimum atomic E-state index is -1.06. The smallest absolute Gasteiger partial charge is 0.254 e. The van der Waals surface area contributed by atoms with Crippen molar-refractivity contribution in [3.8, 4) is 0 Å². The fraction of sp³-hybridized carbons (Fsp3) is 0.556. The molecule has 5 nitrogen and oxygen atoms in total. The van der Waals surface area contributed by atoms with E-state index in [4.69, 9.17) is 0 Å². The summed E-state index contributed by atoms with van der Waals surface area (Å²) in [6.45, 7) is 6.16. The molecule has 0 aliphatic heterocycles. The number of carbonyl (C=O) groups is 1. The molecule has 1 aliphatic rings. The summed E-state index contributed by atoms with van der Waals surface area (Å²) in [6.07, 6.45) is 4.90. The van der Waals surface area contributed by atoms with Crippen molar-refractivity contribution in [2.75, 3.05) is 6.54 Å². The van der Waals surface area contributed by atoms with E-state index < -0.39 is 5.60 Å². The molecule has 6 heteroatoms. The minimum absolute atomic E-state index is 0.150. The zero-order chi connectivity index (χ0) is 17.3. The van der Waals surface area contributed by atoms with Crippen LogP contribution in [-0.4, -0.2) is 27.3 Å². The van der Waals surface area contributed by atoms with Crippen molar-refractivity contribution >= 4 is 17.2 Å². The summed E-state index contributed by atoms with van der Waals surface area (Å²) in [7, 11) is 0. The number of nitrogens with one attached hydrogen (secondary N) is 1. The predicted octanol–water partition coefficient (Wildman–Crippen LogP) is 3.43. The maximum atomic E-state index is 12.7. The highest BCUT2D eigenvalue weighted by atomic mass is 32.1. The van der Waals surface area contributed by atoms with Crippen molar-refractivity contribution in [1.82, 2.24) is 15.1 Å². The number of carbonyl (C=O) groups excluding carboxylic acids is 1. The Morgan fingerprint density at radius 3 is 2.92 bits per heavy atom. The maximum absolute atomic E-state index is 12.7. The first kappa shape index (κ1) is 17.2. The Morgan fingerprint density at radius 1 is 1.58 bits per heavy atom. The second kappa shape index (κ2) is 6.69. The Morgan fingerprint density at radius 2 is 2.33 bits per heavy atom. The van der Waals surface area contributed by atoms with E-state index in [1.807, 2.05) is 22.2 Å². The zero-order valence-electron chi connectivity index (χ0n) is 14.5. The number of hydrogen-bond acceptors (Lipinski definition) is 4. The van der Waals surface area contributed by atoms with E-state index in [1.54, 1.807) is 13.1 Å². The summed E-state index contributed by atoms with van der Waals surface area (Å²) in [4.78, 5) is 13.5. The van der Waals surface area contributed by atoms with E-state index in [0.29, 0.717) is 11.5 Å². The fourth-order valence-electron chi connectivity index (χ4n) is 2.85. The largest absolute Gasteiger partial charge is 0.383 e. The third-order valence-corrected chi connectivity index (χ3v) is 5.82. The van der Waals surface area contributed by atoms with Gasteiger partial charge in [0.1, 0.15) is 5.60 Å². The van der Waals surface area contributed by atoms with Gasteiger partial charge in [0.25, 0.3) is 5.91 Å². The summed E-state index contributed by atoms with van der Waals surface area (Å²) in [6, 6.07) is 4.07. The normalized spacial score (nSPS) is 18.2. The lowest BCUT2D eigenvalue weighted by molar-refractivity contribution is 0.0556. The van der Waals surface area contributed by atoms with Gasteiger partial charge in [-0.25, -0.2) is 0 Å². The lowest BCUT2D eigenvalue weighted by Crippen LogP contribution is -2.38. The molecule has 1 saturated carbocycles. The van der Waals surface area contributed by atoms with Crippen molar-refractivity contribution in [2.45, 2.75) is 57.6 Å². The molecular formula is C18H25N3O2S. The van der Waals surface area contributed by atoms with Crippen molar-refractivity contribution in [1.29, 1.82) is 0 Å². The molecule has 130 valence electrons. The van der Waals surface area contributed by atoms with Gasteiger partial charge < -0.3 is 10.4 Å². The third kappa shape index (κ3) is 3.39. The van der Waals surface area contributed by atoms with Gasteiger partial charge in [0, 0.05) is 16.8 Å². The number of aromatic nitrogens is 2. The van der Waals surface area contributed by atoms with Gasteiger partial charge in [-0.2, -0.15) is 5.10 Å². The molecule has 24 heavy (non-hydrogen) atoms. The van der Waals surface area contributed by atoms with Gasteiger partial charge in [-0.1, -0.05) is 13.0 Å². The summed E-state index contributed by atoms with van der Waals surface area (Å²) < 4.78 is 2.00. The van der Waals surface area contributed by atoms with Gasteiger partial charge in [0.05, 0.1) is 24.0 Å². The molecule has 0 radical (unpaired) electrons. The third-order valence-electron chi connectivity index (χ3n) is 4.70. The molecule has 1 fully saturated rings. The van der Waals surface area contributed by atoms with Crippen molar-refractivity contribution in [2.24, 2.45) is 0 Å². The molecule has 0 spiro atoms. The molecule has 2 N–H and O–H groups in total. The van der Waals surface area contributed by atoms with Crippen LogP contribution in [0, 0.1) is 0 Å². The van der Waals surface area contributed by atoms with Crippen LogP contribution in [0.15, 0.2) is 23.7 Å². The Kier molecular flexibility index (Phi) is 4.78. The van der Waals surface area contributed by atoms with Crippen LogP contribution in [-0.2, 0) is 5.60 Å². The van der Waals surface area contributed by atoms with Crippen LogP contribution in [0.25, 0.3) is 0 Å². The van der Waals surface area contributed by atoms with Gasteiger partial charge in [-0.3, -0.25) is 9.48 Å². The molecule has 2 aromatic heterocycles. The van der Waals surface area contributed by atoms with Gasteiger partial charge in [0.15, 0.2) is 0 Å². The molecule has 0 bridgehead atoms. The summed E-state index contributed by atoms with van der Waals surface area (Å²) in [5.74, 6) is 0.295. The quantitative estimate of drug-likeness (QED) is 0.806. The van der Waals surface area contributed by atoms with Crippen LogP contribution < -0.4 is 5.32 Å². The van der Waals surface area contributed by atoms with E-state index >= 15 is 0 Å². The number of thiophene rings is 1. The van der Waals surface area contributed by atoms with Crippen LogP contribution in [0.1, 0.15) is 72.9 Å². The van der Waals surface area contributed by atoms with E-state index in [1.165, 1.54) is 11.3 Å². The fourth-order valence-corrected chi connectivity index (χ4v) is 3.64. The second-order valence-corrected chi connectivity index (χ2v) is 7.80. The first-order chi connectivity index (χ1) is 11.4. The average molecular weight is 347 g/mol. The van der Waals surface area contributed by atoms with Crippen molar-refractivity contribution in [3.63, 3.8) is 0 Å². The first-order valence-electron chi connectivity index (χ1n) is 8.56. The van der Waals surface area contributed by atoms with Crippen LogP contribution in [0.2, 0.25) is 0 Å². The Hall–Kier alpha value is -1.66. The lowest BCUT2D eigenvalue weighted by Gasteiger charge is -2.22. The first-order valence-corrected chi connectivity index (χ1v) is 9.44. The zero-order valence-corrected chi connectivity index (χ0v) is 15.3. The molecule has 1 aliphatic carbocycles. The summed E-state index contributed by atoms with van der Waals surface area (Å²) >= 11 is 1.49. The Bertz CT molecular complexity index is 702. The number of rotatable bonds is 7. The average Bonchev–Trinajstić information content (AvgIpc) is 3.07. The van der Waals surface area contributed by atoms with Crippen molar-refractivity contribution < 1.29 is 9.90 Å². The van der Waals surface area contributed by atoms with Gasteiger partial charge >= 0.3 is 0 Å². The highest BCUT2D eigenvalue weighted by Gasteiger charge is 2.34. The minimum Gasteiger partial charge on any atom is -0.383 e. The van der Waals surface area contributed by atoms with Crippen LogP contribution in [0.5, 0.6) is 0 Å². The molecule has 2 heterocycles. The number of amides is 1. The Balaban J connectivity index is 1.75. The van der Waals surface area contributed by atoms with E-state index in [-0.39, 0.29) is 18.5 Å². The van der Waals surface area contributed by atoms with E-state index in [0.717, 1.165) is 29.8 Å². The number of aliphatic hydroxyl groups is 1. The monoisotopic (exact) mass is 347 g/mol. The molecule has 1 amide bonds. The molecule has 2 atom stereocenters. The molecular weight excluding hydrogens is 322 g/mol. The summed E-state index contributed by atoms with van der Waals surface area (Å²) in [5.41, 5.74) is 0.647. The Labute approximate surface area is 146 Å². The SMILES string of the molecule is CCC(C)n1ncc(C(=O)NCC(C)(O)c2cccs2)c1C1CC1. The van der Waals surface area contributed by atoms with E-state index in [9.17, 15) is 9.90 Å². The molecule has 2 unspecified atom stereocenters. The molecule has 0 aromatic carbocycles. The maximum Gasteiger partial charge on any atom is 0.254 e. The highest BCUT2D eigenvalue weighted by Crippen LogP contribution is 2.42. The topological polar surface area (TPSA) is 67.2 Å². The van der Waals surface area contributed by atoms with Gasteiger partial charge in [0.2, 0.25) is 0 Å².